The molecule has 2 N–H and O–H groups in total. The van der Waals surface area contributed by atoms with Crippen molar-refractivity contribution in [2.75, 3.05) is 38.7 Å². The molecular weight excluding hydrogens is 458 g/mol. The van der Waals surface area contributed by atoms with Gasteiger partial charge in [-0.15, -0.1) is 8.78 Å². The van der Waals surface area contributed by atoms with Crippen LogP contribution in [0.4, 0.5) is 19.3 Å². The Hall–Kier alpha value is -3.50. The highest BCUT2D eigenvalue weighted by Crippen LogP contribution is 2.43. The second-order valence-corrected chi connectivity index (χ2v) is 8.75. The van der Waals surface area contributed by atoms with E-state index < -0.39 is 6.29 Å². The van der Waals surface area contributed by atoms with Crippen LogP contribution in [0.3, 0.4) is 0 Å². The fraction of sp³-hybridized carbons (Fsp3) is 0.360. The average Bonchev–Trinajstić information content (AvgIpc) is 3.35. The average molecular weight is 485 g/mol. The van der Waals surface area contributed by atoms with Gasteiger partial charge in [-0.2, -0.15) is 0 Å². The van der Waals surface area contributed by atoms with E-state index in [2.05, 4.69) is 42.1 Å². The minimum Gasteiger partial charge on any atom is -0.395 e. The van der Waals surface area contributed by atoms with Crippen molar-refractivity contribution < 1.29 is 27.8 Å². The van der Waals surface area contributed by atoms with Crippen LogP contribution in [0.1, 0.15) is 17.2 Å². The Morgan fingerprint density at radius 3 is 2.66 bits per heavy atom. The summed E-state index contributed by atoms with van der Waals surface area (Å²) in [4.78, 5) is 19.7. The topological polar surface area (TPSA) is 85.0 Å². The molecule has 35 heavy (non-hydrogen) atoms. The lowest BCUT2D eigenvalue weighted by Crippen LogP contribution is -2.42. The molecular formula is C25H26F2N4O4. The molecule has 2 amide bonds. The number of ether oxygens (including phenoxy) is 3. The van der Waals surface area contributed by atoms with Crippen molar-refractivity contribution in [3.05, 3.63) is 59.8 Å². The van der Waals surface area contributed by atoms with Gasteiger partial charge in [0.25, 0.3) is 0 Å². The molecule has 8 nitrogen and oxygen atoms in total. The minimum absolute atomic E-state index is 0.0703. The van der Waals surface area contributed by atoms with Crippen LogP contribution in [-0.2, 0) is 4.74 Å². The summed E-state index contributed by atoms with van der Waals surface area (Å²) in [6.07, 6.45) is -3.70. The highest BCUT2D eigenvalue weighted by molar-refractivity contribution is 5.94. The number of hydrogen-bond donors (Lipinski definition) is 2. The Morgan fingerprint density at radius 1 is 1.17 bits per heavy atom. The molecule has 2 aliphatic rings. The maximum Gasteiger partial charge on any atom is 0.586 e. The van der Waals surface area contributed by atoms with Gasteiger partial charge in [0.05, 0.1) is 29.5 Å². The molecule has 1 fully saturated rings. The van der Waals surface area contributed by atoms with Crippen LogP contribution in [0.2, 0.25) is 0 Å². The van der Waals surface area contributed by atoms with E-state index in [1.807, 2.05) is 18.2 Å². The number of amides is 2. The molecule has 2 atom stereocenters. The molecule has 0 spiro atoms. The Balaban J connectivity index is 1.32. The van der Waals surface area contributed by atoms with Crippen LogP contribution in [0.5, 0.6) is 11.5 Å². The van der Waals surface area contributed by atoms with Crippen LogP contribution in [0.15, 0.2) is 48.5 Å². The summed E-state index contributed by atoms with van der Waals surface area (Å²) in [6.45, 7) is 4.65. The van der Waals surface area contributed by atoms with Crippen LogP contribution >= 0.6 is 0 Å². The molecule has 3 heterocycles. The van der Waals surface area contributed by atoms with Crippen molar-refractivity contribution in [3.8, 4) is 11.5 Å². The number of rotatable bonds is 6. The predicted octanol–water partition coefficient (Wildman–Crippen LogP) is 4.10. The molecule has 0 unspecified atom stereocenters. The molecule has 0 radical (unpaired) electrons. The molecule has 184 valence electrons. The quantitative estimate of drug-likeness (QED) is 0.548. The van der Waals surface area contributed by atoms with Crippen molar-refractivity contribution in [3.63, 3.8) is 0 Å². The van der Waals surface area contributed by atoms with Gasteiger partial charge in [-0.3, -0.25) is 9.88 Å². The molecule has 3 aromatic rings. The van der Waals surface area contributed by atoms with E-state index in [1.54, 1.807) is 20.1 Å². The number of fused-ring (bicyclic) bond motifs is 2. The number of carbonyl (C=O) groups is 1. The Labute approximate surface area is 201 Å². The fourth-order valence-electron chi connectivity index (χ4n) is 4.64. The molecule has 1 aromatic heterocycles. The molecule has 2 aliphatic heterocycles. The molecule has 10 heteroatoms. The standard InChI is InChI=1S/C25H26F2N4O4/c1-15-19(10-17-11-22-23(12-20(17)28-15)35-25(26,27)34-22)29-24(32)30-21-14-31(8-9-33-2)13-18(21)16-6-4-3-5-7-16/h3-7,10-12,18,21H,8-9,13-14H2,1-2H3,(H2,29,30,32)/t18-,21+/m0/s1. The molecule has 1 saturated heterocycles. The van der Waals surface area contributed by atoms with Crippen molar-refractivity contribution in [1.29, 1.82) is 0 Å². The lowest BCUT2D eigenvalue weighted by Gasteiger charge is -2.21. The molecule has 0 bridgehead atoms. The lowest BCUT2D eigenvalue weighted by atomic mass is 9.94. The predicted molar refractivity (Wildman–Crippen MR) is 126 cm³/mol. The van der Waals surface area contributed by atoms with Crippen molar-refractivity contribution >= 4 is 22.6 Å². The summed E-state index contributed by atoms with van der Waals surface area (Å²) in [7, 11) is 1.67. The van der Waals surface area contributed by atoms with E-state index in [0.29, 0.717) is 35.4 Å². The SMILES string of the molecule is COCCN1C[C@@H](NC(=O)Nc2cc3cc4c(cc3nc2C)OC(F)(F)O4)[C@H](c2ccccc2)C1. The van der Waals surface area contributed by atoms with Gasteiger partial charge in [0.1, 0.15) is 0 Å². The third kappa shape index (κ3) is 4.98. The van der Waals surface area contributed by atoms with E-state index in [0.717, 1.165) is 18.7 Å². The zero-order valence-electron chi connectivity index (χ0n) is 19.4. The van der Waals surface area contributed by atoms with Crippen molar-refractivity contribution in [2.24, 2.45) is 0 Å². The van der Waals surface area contributed by atoms with Gasteiger partial charge in [-0.1, -0.05) is 30.3 Å². The smallest absolute Gasteiger partial charge is 0.395 e. The first-order valence-electron chi connectivity index (χ1n) is 11.4. The van der Waals surface area contributed by atoms with Gasteiger partial charge in [-0.25, -0.2) is 4.79 Å². The number of urea groups is 1. The number of methoxy groups -OCH3 is 1. The number of likely N-dealkylation sites (tertiary alicyclic amines) is 1. The van der Waals surface area contributed by atoms with Crippen molar-refractivity contribution in [2.45, 2.75) is 25.2 Å². The second-order valence-electron chi connectivity index (χ2n) is 8.75. The van der Waals surface area contributed by atoms with E-state index >= 15 is 0 Å². The first-order valence-corrected chi connectivity index (χ1v) is 11.4. The van der Waals surface area contributed by atoms with E-state index in [-0.39, 0.29) is 29.5 Å². The normalized spacial score (nSPS) is 20.8. The minimum atomic E-state index is -3.70. The molecule has 0 aliphatic carbocycles. The number of aryl methyl sites for hydroxylation is 1. The van der Waals surface area contributed by atoms with Crippen LogP contribution in [0.25, 0.3) is 10.9 Å². The van der Waals surface area contributed by atoms with Gasteiger partial charge in [0.15, 0.2) is 11.5 Å². The molecule has 2 aromatic carbocycles. The van der Waals surface area contributed by atoms with Gasteiger partial charge in [-0.05, 0) is 24.6 Å². The van der Waals surface area contributed by atoms with Crippen LogP contribution < -0.4 is 20.1 Å². The maximum atomic E-state index is 13.4. The zero-order chi connectivity index (χ0) is 24.6. The summed E-state index contributed by atoms with van der Waals surface area (Å²) in [5.74, 6) is -0.00790. The summed E-state index contributed by atoms with van der Waals surface area (Å²) >= 11 is 0. The number of aromatic nitrogens is 1. The van der Waals surface area contributed by atoms with Gasteiger partial charge < -0.3 is 24.8 Å². The van der Waals surface area contributed by atoms with Gasteiger partial charge in [0, 0.05) is 44.1 Å². The maximum absolute atomic E-state index is 13.4. The van der Waals surface area contributed by atoms with Crippen molar-refractivity contribution in [1.82, 2.24) is 15.2 Å². The number of pyridine rings is 1. The number of alkyl halides is 2. The second kappa shape index (κ2) is 9.27. The third-order valence-corrected chi connectivity index (χ3v) is 6.33. The van der Waals surface area contributed by atoms with Gasteiger partial charge >= 0.3 is 12.3 Å². The van der Waals surface area contributed by atoms with E-state index in [4.69, 9.17) is 4.74 Å². The van der Waals surface area contributed by atoms with E-state index in [1.165, 1.54) is 12.1 Å². The highest BCUT2D eigenvalue weighted by Gasteiger charge is 2.43. The Bertz CT molecular complexity index is 1240. The summed E-state index contributed by atoms with van der Waals surface area (Å²) in [5, 5.41) is 6.51. The lowest BCUT2D eigenvalue weighted by molar-refractivity contribution is -0.286. The summed E-state index contributed by atoms with van der Waals surface area (Å²) in [6, 6.07) is 14.2. The third-order valence-electron chi connectivity index (χ3n) is 6.33. The number of hydrogen-bond acceptors (Lipinski definition) is 6. The number of carbonyl (C=O) groups excluding carboxylic acids is 1. The number of halogens is 2. The zero-order valence-corrected chi connectivity index (χ0v) is 19.4. The summed E-state index contributed by atoms with van der Waals surface area (Å²) < 4.78 is 41.1. The highest BCUT2D eigenvalue weighted by atomic mass is 19.3. The Kier molecular flexibility index (Phi) is 6.16. The molecule has 5 rings (SSSR count). The number of benzene rings is 2. The van der Waals surface area contributed by atoms with Crippen LogP contribution in [0, 0.1) is 6.92 Å². The number of nitrogens with zero attached hydrogens (tertiary/aromatic N) is 2. The molecule has 0 saturated carbocycles. The van der Waals surface area contributed by atoms with Gasteiger partial charge in [0.2, 0.25) is 0 Å². The Morgan fingerprint density at radius 2 is 1.91 bits per heavy atom. The first kappa shape index (κ1) is 23.3. The number of nitrogens with one attached hydrogen (secondary N) is 2. The first-order chi connectivity index (χ1) is 16.8. The fourth-order valence-corrected chi connectivity index (χ4v) is 4.64. The summed E-state index contributed by atoms with van der Waals surface area (Å²) in [5.41, 5.74) is 2.65. The van der Waals surface area contributed by atoms with Crippen LogP contribution in [-0.4, -0.2) is 61.6 Å². The largest absolute Gasteiger partial charge is 0.586 e. The number of anilines is 1. The monoisotopic (exact) mass is 484 g/mol. The van der Waals surface area contributed by atoms with E-state index in [9.17, 15) is 13.6 Å².